The van der Waals surface area contributed by atoms with Crippen molar-refractivity contribution in [3.8, 4) is 0 Å². The van der Waals surface area contributed by atoms with Gasteiger partial charge in [0, 0.05) is 22.6 Å². The zero-order valence-corrected chi connectivity index (χ0v) is 11.1. The fourth-order valence-corrected chi connectivity index (χ4v) is 4.23. The number of rotatable bonds is 4. The SMILES string of the molecule is CC(C)CCS(=O)C1CC(C)CCC1N. The summed E-state index contributed by atoms with van der Waals surface area (Å²) in [5.74, 6) is 2.19. The van der Waals surface area contributed by atoms with Gasteiger partial charge in [-0.1, -0.05) is 20.8 Å². The van der Waals surface area contributed by atoms with Crippen molar-refractivity contribution in [3.63, 3.8) is 0 Å². The summed E-state index contributed by atoms with van der Waals surface area (Å²) < 4.78 is 12.1. The van der Waals surface area contributed by atoms with Crippen LogP contribution >= 0.6 is 0 Å². The molecule has 15 heavy (non-hydrogen) atoms. The largest absolute Gasteiger partial charge is 0.327 e. The molecule has 2 nitrogen and oxygen atoms in total. The molecule has 0 aromatic carbocycles. The first-order chi connectivity index (χ1) is 7.00. The van der Waals surface area contributed by atoms with Gasteiger partial charge in [0.25, 0.3) is 0 Å². The Hall–Kier alpha value is 0.110. The highest BCUT2D eigenvalue weighted by Crippen LogP contribution is 2.27. The Balaban J connectivity index is 2.42. The second-order valence-electron chi connectivity index (χ2n) is 5.39. The third-order valence-corrected chi connectivity index (χ3v) is 5.19. The molecular formula is C12H25NOS. The fraction of sp³-hybridized carbons (Fsp3) is 1.00. The quantitative estimate of drug-likeness (QED) is 0.807. The van der Waals surface area contributed by atoms with E-state index < -0.39 is 10.8 Å². The molecule has 0 amide bonds. The summed E-state index contributed by atoms with van der Waals surface area (Å²) in [6.07, 6.45) is 4.38. The monoisotopic (exact) mass is 231 g/mol. The smallest absolute Gasteiger partial charge is 0.0501 e. The van der Waals surface area contributed by atoms with E-state index in [1.165, 1.54) is 6.42 Å². The van der Waals surface area contributed by atoms with E-state index in [-0.39, 0.29) is 11.3 Å². The Morgan fingerprint density at radius 3 is 2.67 bits per heavy atom. The van der Waals surface area contributed by atoms with E-state index in [4.69, 9.17) is 5.73 Å². The van der Waals surface area contributed by atoms with Crippen LogP contribution in [0.15, 0.2) is 0 Å². The summed E-state index contributed by atoms with van der Waals surface area (Å²) in [7, 11) is -0.703. The lowest BCUT2D eigenvalue weighted by atomic mass is 9.87. The highest BCUT2D eigenvalue weighted by atomic mass is 32.2. The van der Waals surface area contributed by atoms with Gasteiger partial charge in [0.05, 0.1) is 5.25 Å². The summed E-state index contributed by atoms with van der Waals surface area (Å²) in [4.78, 5) is 0. The molecular weight excluding hydrogens is 206 g/mol. The number of hydrogen-bond donors (Lipinski definition) is 1. The van der Waals surface area contributed by atoms with Gasteiger partial charge in [0.15, 0.2) is 0 Å². The highest BCUT2D eigenvalue weighted by molar-refractivity contribution is 7.85. The molecule has 1 rings (SSSR count). The first-order valence-corrected chi connectivity index (χ1v) is 7.51. The molecule has 90 valence electrons. The fourth-order valence-electron chi connectivity index (χ4n) is 2.16. The molecule has 0 radical (unpaired) electrons. The highest BCUT2D eigenvalue weighted by Gasteiger charge is 2.30. The van der Waals surface area contributed by atoms with E-state index in [2.05, 4.69) is 20.8 Å². The van der Waals surface area contributed by atoms with Crippen LogP contribution in [0.25, 0.3) is 0 Å². The van der Waals surface area contributed by atoms with Crippen LogP contribution < -0.4 is 5.73 Å². The molecule has 1 aliphatic rings. The molecule has 0 heterocycles. The first kappa shape index (κ1) is 13.2. The third-order valence-electron chi connectivity index (χ3n) is 3.34. The normalized spacial score (nSPS) is 34.3. The van der Waals surface area contributed by atoms with Gasteiger partial charge in [-0.25, -0.2) is 0 Å². The lowest BCUT2D eigenvalue weighted by Gasteiger charge is -2.31. The maximum absolute atomic E-state index is 12.1. The van der Waals surface area contributed by atoms with Crippen LogP contribution in [-0.4, -0.2) is 21.3 Å². The summed E-state index contributed by atoms with van der Waals surface area (Å²) in [5, 5.41) is 0.257. The molecule has 1 saturated carbocycles. The molecule has 2 N–H and O–H groups in total. The van der Waals surface area contributed by atoms with Gasteiger partial charge in [0.1, 0.15) is 0 Å². The lowest BCUT2D eigenvalue weighted by molar-refractivity contribution is 0.352. The van der Waals surface area contributed by atoms with Gasteiger partial charge in [-0.05, 0) is 37.5 Å². The van der Waals surface area contributed by atoms with Crippen molar-refractivity contribution >= 4 is 10.8 Å². The molecule has 4 atom stereocenters. The lowest BCUT2D eigenvalue weighted by Crippen LogP contribution is -2.43. The van der Waals surface area contributed by atoms with E-state index in [0.717, 1.165) is 25.0 Å². The van der Waals surface area contributed by atoms with Crippen LogP contribution in [0.1, 0.15) is 46.5 Å². The van der Waals surface area contributed by atoms with Gasteiger partial charge in [-0.3, -0.25) is 4.21 Å². The minimum Gasteiger partial charge on any atom is -0.327 e. The number of nitrogens with two attached hydrogens (primary N) is 1. The van der Waals surface area contributed by atoms with Crippen molar-refractivity contribution in [2.45, 2.75) is 57.7 Å². The Labute approximate surface area is 96.5 Å². The van der Waals surface area contributed by atoms with Crippen molar-refractivity contribution in [2.75, 3.05) is 5.75 Å². The van der Waals surface area contributed by atoms with Gasteiger partial charge < -0.3 is 5.73 Å². The van der Waals surface area contributed by atoms with Crippen LogP contribution in [-0.2, 0) is 10.8 Å². The van der Waals surface area contributed by atoms with Gasteiger partial charge in [-0.15, -0.1) is 0 Å². The Morgan fingerprint density at radius 2 is 2.07 bits per heavy atom. The van der Waals surface area contributed by atoms with Crippen molar-refractivity contribution in [1.82, 2.24) is 0 Å². The zero-order chi connectivity index (χ0) is 11.4. The van der Waals surface area contributed by atoms with E-state index >= 15 is 0 Å². The minimum atomic E-state index is -0.703. The van der Waals surface area contributed by atoms with Gasteiger partial charge in [0.2, 0.25) is 0 Å². The summed E-state index contributed by atoms with van der Waals surface area (Å²) in [6, 6.07) is 0.175. The Bertz CT molecular complexity index is 218. The predicted molar refractivity (Wildman–Crippen MR) is 67.2 cm³/mol. The van der Waals surface area contributed by atoms with E-state index in [1.807, 2.05) is 0 Å². The molecule has 4 unspecified atom stereocenters. The summed E-state index contributed by atoms with van der Waals surface area (Å²) in [6.45, 7) is 6.61. The van der Waals surface area contributed by atoms with Crippen LogP contribution in [0.3, 0.4) is 0 Å². The standard InChI is InChI=1S/C12H25NOS/c1-9(2)6-7-15(14)12-8-10(3)4-5-11(12)13/h9-12H,4-8,13H2,1-3H3. The maximum Gasteiger partial charge on any atom is 0.0501 e. The van der Waals surface area contributed by atoms with Crippen molar-refractivity contribution in [1.29, 1.82) is 0 Å². The topological polar surface area (TPSA) is 43.1 Å². The van der Waals surface area contributed by atoms with E-state index in [0.29, 0.717) is 11.8 Å². The molecule has 0 aromatic heterocycles. The summed E-state index contributed by atoms with van der Waals surface area (Å²) in [5.41, 5.74) is 6.06. The minimum absolute atomic E-state index is 0.175. The van der Waals surface area contributed by atoms with Gasteiger partial charge in [-0.2, -0.15) is 0 Å². The zero-order valence-electron chi connectivity index (χ0n) is 10.2. The molecule has 3 heteroatoms. The Kier molecular flexibility index (Phi) is 5.27. The van der Waals surface area contributed by atoms with Crippen LogP contribution in [0.4, 0.5) is 0 Å². The maximum atomic E-state index is 12.1. The van der Waals surface area contributed by atoms with Gasteiger partial charge >= 0.3 is 0 Å². The predicted octanol–water partition coefficient (Wildman–Crippen LogP) is 2.30. The van der Waals surface area contributed by atoms with Crippen LogP contribution in [0.2, 0.25) is 0 Å². The number of hydrogen-bond acceptors (Lipinski definition) is 2. The van der Waals surface area contributed by atoms with Crippen molar-refractivity contribution in [2.24, 2.45) is 17.6 Å². The van der Waals surface area contributed by atoms with Crippen molar-refractivity contribution < 1.29 is 4.21 Å². The molecule has 1 aliphatic carbocycles. The molecule has 0 aliphatic heterocycles. The molecule has 0 saturated heterocycles. The molecule has 0 aromatic rings. The van der Waals surface area contributed by atoms with E-state index in [9.17, 15) is 4.21 Å². The third kappa shape index (κ3) is 4.23. The van der Waals surface area contributed by atoms with Crippen molar-refractivity contribution in [3.05, 3.63) is 0 Å². The average molecular weight is 231 g/mol. The molecule has 0 spiro atoms. The van der Waals surface area contributed by atoms with Crippen LogP contribution in [0.5, 0.6) is 0 Å². The molecule has 0 bridgehead atoms. The van der Waals surface area contributed by atoms with E-state index in [1.54, 1.807) is 0 Å². The Morgan fingerprint density at radius 1 is 1.40 bits per heavy atom. The molecule has 1 fully saturated rings. The van der Waals surface area contributed by atoms with Crippen LogP contribution in [0, 0.1) is 11.8 Å². The second kappa shape index (κ2) is 6.00. The average Bonchev–Trinajstić information content (AvgIpc) is 2.18. The second-order valence-corrected chi connectivity index (χ2v) is 7.16. The summed E-state index contributed by atoms with van der Waals surface area (Å²) >= 11 is 0. The first-order valence-electron chi connectivity index (χ1n) is 6.13.